The van der Waals surface area contributed by atoms with Crippen LogP contribution in [0.4, 0.5) is 19.0 Å². The van der Waals surface area contributed by atoms with Crippen LogP contribution in [0.15, 0.2) is 64.3 Å². The number of nitrogens with zero attached hydrogens (tertiary/aromatic N) is 5. The number of aliphatic carboxylic acids is 1. The number of nitrogen functional groups attached to an aromatic ring is 1. The van der Waals surface area contributed by atoms with Gasteiger partial charge in [0.1, 0.15) is 11.0 Å². The number of hydrogen-bond donors (Lipinski definition) is 4. The smallest absolute Gasteiger partial charge is 0.490 e. The summed E-state index contributed by atoms with van der Waals surface area (Å²) in [6, 6.07) is 14.0. The maximum Gasteiger partial charge on any atom is 0.490 e. The van der Waals surface area contributed by atoms with E-state index in [9.17, 15) is 21.6 Å². The number of hydrogen-bond acceptors (Lipinski definition) is 11. The Bertz CT molecular complexity index is 1990. The zero-order valence-electron chi connectivity index (χ0n) is 25.2. The van der Waals surface area contributed by atoms with Crippen LogP contribution in [0.3, 0.4) is 0 Å². The number of ether oxygens (including phenoxy) is 1. The minimum absolute atomic E-state index is 0.105. The van der Waals surface area contributed by atoms with Crippen molar-refractivity contribution in [2.45, 2.75) is 37.4 Å². The van der Waals surface area contributed by atoms with Crippen molar-refractivity contribution < 1.29 is 40.9 Å². The first-order chi connectivity index (χ1) is 22.7. The van der Waals surface area contributed by atoms with E-state index in [1.807, 2.05) is 29.7 Å². The van der Waals surface area contributed by atoms with Crippen LogP contribution in [-0.2, 0) is 27.8 Å². The molecule has 6 N–H and O–H groups in total. The van der Waals surface area contributed by atoms with E-state index >= 15 is 0 Å². The molecule has 0 radical (unpaired) electrons. The van der Waals surface area contributed by atoms with Crippen molar-refractivity contribution in [1.29, 1.82) is 0 Å². The van der Waals surface area contributed by atoms with Crippen molar-refractivity contribution in [3.05, 3.63) is 65.3 Å². The molecule has 0 aliphatic carbocycles. The Labute approximate surface area is 276 Å². The predicted molar refractivity (Wildman–Crippen MR) is 170 cm³/mol. The Morgan fingerprint density at radius 1 is 1.12 bits per heavy atom. The number of rotatable bonds is 12. The number of carbonyl (C=O) groups is 1. The normalized spacial score (nSPS) is 11.7. The van der Waals surface area contributed by atoms with Gasteiger partial charge in [-0.05, 0) is 73.0 Å². The molecule has 0 aliphatic heterocycles. The van der Waals surface area contributed by atoms with Crippen LogP contribution >= 0.6 is 11.6 Å². The SMILES string of the molecule is CCn1c(-c2nonc2N)nc2c(-c3cccc(Cl)c3)ncc(OCCCNCCc3ccc(S(N)(=O)=O)cc3)c21.O=C(O)C(F)(F)F. The largest absolute Gasteiger partial charge is 0.490 e. The molecule has 0 amide bonds. The second-order valence-electron chi connectivity index (χ2n) is 10.1. The van der Waals surface area contributed by atoms with Gasteiger partial charge in [-0.1, -0.05) is 35.9 Å². The molecule has 0 fully saturated rings. The van der Waals surface area contributed by atoms with Crippen LogP contribution in [0.2, 0.25) is 5.02 Å². The fourth-order valence-corrected chi connectivity index (χ4v) is 5.19. The average molecular weight is 711 g/mol. The summed E-state index contributed by atoms with van der Waals surface area (Å²) >= 11 is 6.26. The third-order valence-corrected chi connectivity index (χ3v) is 7.88. The lowest BCUT2D eigenvalue weighted by Crippen LogP contribution is -2.21. The summed E-state index contributed by atoms with van der Waals surface area (Å²) in [4.78, 5) is 18.5. The van der Waals surface area contributed by atoms with Crippen LogP contribution in [-0.4, -0.2) is 70.2 Å². The van der Waals surface area contributed by atoms with Gasteiger partial charge in [-0.15, -0.1) is 0 Å². The maximum absolute atomic E-state index is 11.4. The zero-order chi connectivity index (χ0) is 35.1. The molecular weight excluding hydrogens is 681 g/mol. The van der Waals surface area contributed by atoms with Gasteiger partial charge in [-0.2, -0.15) is 13.2 Å². The lowest BCUT2D eigenvalue weighted by molar-refractivity contribution is -0.192. The Balaban J connectivity index is 0.000000671. The second kappa shape index (κ2) is 15.4. The van der Waals surface area contributed by atoms with E-state index < -0.39 is 22.2 Å². The van der Waals surface area contributed by atoms with Crippen molar-refractivity contribution in [2.75, 3.05) is 25.4 Å². The molecule has 2 aromatic carbocycles. The molecule has 256 valence electrons. The molecule has 0 aliphatic rings. The molecule has 5 aromatic rings. The number of pyridine rings is 1. The molecule has 0 unspecified atom stereocenters. The number of carboxylic acids is 1. The molecule has 5 rings (SSSR count). The number of halogens is 4. The van der Waals surface area contributed by atoms with E-state index in [1.54, 1.807) is 24.4 Å². The number of primary sulfonamides is 1. The molecule has 0 bridgehead atoms. The van der Waals surface area contributed by atoms with E-state index in [2.05, 4.69) is 20.6 Å². The monoisotopic (exact) mass is 710 g/mol. The number of imidazole rings is 1. The summed E-state index contributed by atoms with van der Waals surface area (Å²) in [6.07, 6.45) is -1.89. The molecule has 48 heavy (non-hydrogen) atoms. The third-order valence-electron chi connectivity index (χ3n) is 6.72. The lowest BCUT2D eigenvalue weighted by Gasteiger charge is -2.12. The van der Waals surface area contributed by atoms with Crippen molar-refractivity contribution in [2.24, 2.45) is 5.14 Å². The van der Waals surface area contributed by atoms with E-state index in [4.69, 9.17) is 46.7 Å². The van der Waals surface area contributed by atoms with Gasteiger partial charge in [0.25, 0.3) is 0 Å². The van der Waals surface area contributed by atoms with Gasteiger partial charge in [0.15, 0.2) is 23.1 Å². The number of fused-ring (bicyclic) bond motifs is 1. The fourth-order valence-electron chi connectivity index (χ4n) is 4.49. The van der Waals surface area contributed by atoms with Crippen molar-refractivity contribution in [1.82, 2.24) is 30.2 Å². The number of nitrogens with two attached hydrogens (primary N) is 2. The van der Waals surface area contributed by atoms with E-state index in [0.29, 0.717) is 46.7 Å². The Kier molecular flexibility index (Phi) is 11.6. The minimum atomic E-state index is -5.08. The number of alkyl halides is 3. The summed E-state index contributed by atoms with van der Waals surface area (Å²) in [5.74, 6) is -1.54. The Morgan fingerprint density at radius 2 is 1.83 bits per heavy atom. The van der Waals surface area contributed by atoms with Crippen LogP contribution in [0.25, 0.3) is 33.8 Å². The minimum Gasteiger partial charge on any atom is -0.490 e. The highest BCUT2D eigenvalue weighted by molar-refractivity contribution is 7.89. The number of benzene rings is 2. The molecule has 0 spiro atoms. The highest BCUT2D eigenvalue weighted by Crippen LogP contribution is 2.37. The number of nitrogens with one attached hydrogen (secondary N) is 1. The summed E-state index contributed by atoms with van der Waals surface area (Å²) in [5, 5.41) is 23.9. The third kappa shape index (κ3) is 8.97. The van der Waals surface area contributed by atoms with Gasteiger partial charge in [-0.3, -0.25) is 0 Å². The molecule has 14 nitrogen and oxygen atoms in total. The second-order valence-corrected chi connectivity index (χ2v) is 12.0. The number of anilines is 1. The topological polar surface area (TPSA) is 214 Å². The molecule has 19 heteroatoms. The van der Waals surface area contributed by atoms with Gasteiger partial charge >= 0.3 is 12.1 Å². The van der Waals surface area contributed by atoms with Crippen LogP contribution in [0.1, 0.15) is 18.9 Å². The first-order valence-corrected chi connectivity index (χ1v) is 16.1. The summed E-state index contributed by atoms with van der Waals surface area (Å²) < 4.78 is 67.5. The van der Waals surface area contributed by atoms with E-state index in [0.717, 1.165) is 42.6 Å². The summed E-state index contributed by atoms with van der Waals surface area (Å²) in [5.41, 5.74) is 10.2. The molecule has 0 atom stereocenters. The van der Waals surface area contributed by atoms with Crippen LogP contribution in [0.5, 0.6) is 5.75 Å². The standard InChI is InChI=1S/C27H29ClN8O4S.C2HF3O2/c1-2-36-25-21(39-14-4-12-31-13-11-17-7-9-20(10-8-17)41(30,37)38)16-32-22(18-5-3-6-19(28)15-18)23(25)33-27(36)24-26(29)35-40-34-24;3-2(4,5)1(6)7/h3,5-10,15-16,31H,2,4,11-14H2,1H3,(H2,29,35)(H2,30,37,38);(H,6,7). The first kappa shape index (κ1) is 36.1. The average Bonchev–Trinajstić information content (AvgIpc) is 3.63. The highest BCUT2D eigenvalue weighted by atomic mass is 35.5. The van der Waals surface area contributed by atoms with Gasteiger partial charge < -0.3 is 25.5 Å². The number of aromatic nitrogens is 5. The fraction of sp³-hybridized carbons (Fsp3) is 0.276. The molecule has 0 saturated carbocycles. The number of aryl methyl sites for hydroxylation is 1. The predicted octanol–water partition coefficient (Wildman–Crippen LogP) is 4.29. The quantitative estimate of drug-likeness (QED) is 0.134. The van der Waals surface area contributed by atoms with Crippen LogP contribution < -0.4 is 20.9 Å². The van der Waals surface area contributed by atoms with Crippen molar-refractivity contribution in [3.8, 4) is 28.5 Å². The Hall–Kier alpha value is -4.78. The highest BCUT2D eigenvalue weighted by Gasteiger charge is 2.38. The van der Waals surface area contributed by atoms with Crippen LogP contribution in [0, 0.1) is 0 Å². The number of sulfonamides is 1. The van der Waals surface area contributed by atoms with E-state index in [1.165, 1.54) is 12.1 Å². The van der Waals surface area contributed by atoms with Crippen molar-refractivity contribution >= 4 is 44.4 Å². The van der Waals surface area contributed by atoms with Gasteiger partial charge in [0, 0.05) is 17.1 Å². The maximum atomic E-state index is 11.4. The van der Waals surface area contributed by atoms with Gasteiger partial charge in [0.05, 0.1) is 23.4 Å². The molecule has 3 heterocycles. The lowest BCUT2D eigenvalue weighted by atomic mass is 10.1. The van der Waals surface area contributed by atoms with Gasteiger partial charge in [-0.25, -0.2) is 32.9 Å². The first-order valence-electron chi connectivity index (χ1n) is 14.2. The summed E-state index contributed by atoms with van der Waals surface area (Å²) in [7, 11) is -3.69. The van der Waals surface area contributed by atoms with Gasteiger partial charge in [0.2, 0.25) is 10.0 Å². The molecular formula is C29H30ClF3N8O6S. The Morgan fingerprint density at radius 3 is 2.42 bits per heavy atom. The summed E-state index contributed by atoms with van der Waals surface area (Å²) in [6.45, 7) is 4.46. The molecule has 3 aromatic heterocycles. The molecule has 0 saturated heterocycles. The number of carboxylic acid groups (broad SMARTS) is 1. The van der Waals surface area contributed by atoms with Crippen molar-refractivity contribution in [3.63, 3.8) is 0 Å². The van der Waals surface area contributed by atoms with E-state index in [-0.39, 0.29) is 10.7 Å². The zero-order valence-corrected chi connectivity index (χ0v) is 26.8.